The largest absolute Gasteiger partial charge is 0.393 e. The summed E-state index contributed by atoms with van der Waals surface area (Å²) in [5, 5.41) is 0. The number of esters is 2. The summed E-state index contributed by atoms with van der Waals surface area (Å²) < 4.78 is 5.57. The van der Waals surface area contributed by atoms with E-state index in [9.17, 15) is 9.59 Å². The Morgan fingerprint density at radius 3 is 1.77 bits per heavy atom. The summed E-state index contributed by atoms with van der Waals surface area (Å²) in [5.41, 5.74) is 0. The molecule has 1 atom stereocenters. The van der Waals surface area contributed by atoms with Gasteiger partial charge in [-0.3, -0.25) is 9.59 Å². The minimum absolute atomic E-state index is 0.215. The summed E-state index contributed by atoms with van der Waals surface area (Å²) in [7, 11) is 0. The van der Waals surface area contributed by atoms with Crippen LogP contribution in [0.3, 0.4) is 0 Å². The average Bonchev–Trinajstić information content (AvgIpc) is 2.96. The van der Waals surface area contributed by atoms with Gasteiger partial charge in [0.1, 0.15) is 0 Å². The SMILES string of the molecule is CCCCCCCCCCCCCCCCC=C(I)C1CC(=O)OC1=O. The number of ether oxygens (including phenoxy) is 1. The van der Waals surface area contributed by atoms with E-state index < -0.39 is 0 Å². The van der Waals surface area contributed by atoms with Gasteiger partial charge < -0.3 is 4.74 Å². The molecular weight excluding hydrogens is 439 g/mol. The van der Waals surface area contributed by atoms with Crippen molar-refractivity contribution in [2.45, 2.75) is 110 Å². The van der Waals surface area contributed by atoms with E-state index in [0.717, 1.165) is 10.0 Å². The van der Waals surface area contributed by atoms with Gasteiger partial charge in [0, 0.05) is 3.58 Å². The molecule has 0 aromatic heterocycles. The number of rotatable bonds is 16. The zero-order chi connectivity index (χ0) is 19.0. The van der Waals surface area contributed by atoms with Crippen LogP contribution in [0.2, 0.25) is 0 Å². The van der Waals surface area contributed by atoms with E-state index >= 15 is 0 Å². The predicted octanol–water partition coefficient (Wildman–Crippen LogP) is 7.27. The van der Waals surface area contributed by atoms with E-state index in [2.05, 4.69) is 40.3 Å². The first kappa shape index (κ1) is 23.6. The van der Waals surface area contributed by atoms with E-state index in [1.807, 2.05) is 0 Å². The lowest BCUT2D eigenvalue weighted by atomic mass is 10.0. The van der Waals surface area contributed by atoms with Crippen LogP contribution in [-0.2, 0) is 14.3 Å². The third-order valence-electron chi connectivity index (χ3n) is 5.10. The van der Waals surface area contributed by atoms with Crippen molar-refractivity contribution >= 4 is 34.5 Å². The summed E-state index contributed by atoms with van der Waals surface area (Å²) in [4.78, 5) is 22.6. The molecule has 1 aliphatic rings. The minimum atomic E-state index is -0.390. The maximum atomic E-state index is 11.5. The second-order valence-corrected chi connectivity index (χ2v) is 8.77. The molecule has 0 bridgehead atoms. The van der Waals surface area contributed by atoms with Crippen molar-refractivity contribution in [1.82, 2.24) is 0 Å². The first-order chi connectivity index (χ1) is 12.6. The second-order valence-electron chi connectivity index (χ2n) is 7.52. The van der Waals surface area contributed by atoms with Gasteiger partial charge in [-0.1, -0.05) is 96.5 Å². The van der Waals surface area contributed by atoms with Crippen LogP contribution in [0, 0.1) is 5.92 Å². The predicted molar refractivity (Wildman–Crippen MR) is 116 cm³/mol. The van der Waals surface area contributed by atoms with Crippen molar-refractivity contribution < 1.29 is 14.3 Å². The summed E-state index contributed by atoms with van der Waals surface area (Å²) in [5.74, 6) is -1.11. The number of carbonyl (C=O) groups is 2. The van der Waals surface area contributed by atoms with Crippen LogP contribution < -0.4 is 0 Å². The molecule has 1 saturated heterocycles. The Kier molecular flexibility index (Phi) is 14.2. The molecular formula is C22H37IO3. The molecule has 1 fully saturated rings. The standard InChI is InChI=1S/C22H37IO3/c1-2-3-4-5-6-7-8-9-10-11-12-13-14-15-16-17-20(23)19-18-21(24)26-22(19)25/h17,19H,2-16,18H2,1H3. The Labute approximate surface area is 173 Å². The van der Waals surface area contributed by atoms with E-state index in [-0.39, 0.29) is 24.3 Å². The van der Waals surface area contributed by atoms with Gasteiger partial charge in [0.05, 0.1) is 12.3 Å². The van der Waals surface area contributed by atoms with Crippen molar-refractivity contribution in [3.63, 3.8) is 0 Å². The normalized spacial score (nSPS) is 17.8. The Balaban J connectivity index is 1.85. The molecule has 0 aromatic carbocycles. The summed E-state index contributed by atoms with van der Waals surface area (Å²) in [6.07, 6.45) is 22.4. The Bertz CT molecular complexity index is 431. The van der Waals surface area contributed by atoms with Crippen molar-refractivity contribution in [2.24, 2.45) is 5.92 Å². The van der Waals surface area contributed by atoms with Crippen LogP contribution in [0.15, 0.2) is 9.66 Å². The third-order valence-corrected chi connectivity index (χ3v) is 6.29. The Hall–Kier alpha value is -0.390. The highest BCUT2D eigenvalue weighted by molar-refractivity contribution is 14.1. The van der Waals surface area contributed by atoms with Crippen molar-refractivity contribution in [1.29, 1.82) is 0 Å². The van der Waals surface area contributed by atoms with Gasteiger partial charge in [-0.25, -0.2) is 0 Å². The Morgan fingerprint density at radius 2 is 1.35 bits per heavy atom. The van der Waals surface area contributed by atoms with Crippen LogP contribution in [0.25, 0.3) is 0 Å². The van der Waals surface area contributed by atoms with E-state index in [0.29, 0.717) is 0 Å². The summed E-state index contributed by atoms with van der Waals surface area (Å²) >= 11 is 2.18. The maximum Gasteiger partial charge on any atom is 0.322 e. The molecule has 0 amide bonds. The molecule has 0 spiro atoms. The van der Waals surface area contributed by atoms with E-state index in [1.54, 1.807) is 0 Å². The van der Waals surface area contributed by atoms with Crippen LogP contribution in [0.5, 0.6) is 0 Å². The molecule has 1 aliphatic heterocycles. The van der Waals surface area contributed by atoms with Crippen LogP contribution >= 0.6 is 22.6 Å². The summed E-state index contributed by atoms with van der Waals surface area (Å²) in [6.45, 7) is 2.27. The van der Waals surface area contributed by atoms with Gasteiger partial charge in [-0.15, -0.1) is 0 Å². The van der Waals surface area contributed by atoms with Crippen molar-refractivity contribution in [3.8, 4) is 0 Å². The number of cyclic esters (lactones) is 2. The summed E-state index contributed by atoms with van der Waals surface area (Å²) in [6, 6.07) is 0. The van der Waals surface area contributed by atoms with Gasteiger partial charge in [-0.05, 0) is 35.4 Å². The lowest BCUT2D eigenvalue weighted by Crippen LogP contribution is -2.07. The van der Waals surface area contributed by atoms with Gasteiger partial charge in [-0.2, -0.15) is 0 Å². The van der Waals surface area contributed by atoms with Crippen LogP contribution in [-0.4, -0.2) is 11.9 Å². The molecule has 0 aliphatic carbocycles. The molecule has 0 N–H and O–H groups in total. The molecule has 3 nitrogen and oxygen atoms in total. The number of halogens is 1. The topological polar surface area (TPSA) is 43.4 Å². The molecule has 0 radical (unpaired) electrons. The molecule has 1 unspecified atom stereocenters. The van der Waals surface area contributed by atoms with E-state index in [1.165, 1.54) is 89.9 Å². The number of carbonyl (C=O) groups excluding carboxylic acids is 2. The smallest absolute Gasteiger partial charge is 0.322 e. The highest BCUT2D eigenvalue weighted by Gasteiger charge is 2.34. The molecule has 1 rings (SSSR count). The number of unbranched alkanes of at least 4 members (excludes halogenated alkanes) is 14. The lowest BCUT2D eigenvalue weighted by Gasteiger charge is -2.04. The van der Waals surface area contributed by atoms with Crippen LogP contribution in [0.1, 0.15) is 110 Å². The zero-order valence-corrected chi connectivity index (χ0v) is 18.7. The molecule has 0 aromatic rings. The van der Waals surface area contributed by atoms with Gasteiger partial charge in [0.25, 0.3) is 0 Å². The first-order valence-electron chi connectivity index (χ1n) is 10.7. The van der Waals surface area contributed by atoms with Gasteiger partial charge >= 0.3 is 11.9 Å². The highest BCUT2D eigenvalue weighted by Crippen LogP contribution is 2.29. The lowest BCUT2D eigenvalue weighted by molar-refractivity contribution is -0.152. The molecule has 4 heteroatoms. The zero-order valence-electron chi connectivity index (χ0n) is 16.6. The molecule has 150 valence electrons. The molecule has 26 heavy (non-hydrogen) atoms. The monoisotopic (exact) mass is 476 g/mol. The fraction of sp³-hybridized carbons (Fsp3) is 0.818. The first-order valence-corrected chi connectivity index (χ1v) is 11.8. The Morgan fingerprint density at radius 1 is 0.885 bits per heavy atom. The fourth-order valence-electron chi connectivity index (χ4n) is 3.41. The average molecular weight is 476 g/mol. The van der Waals surface area contributed by atoms with Crippen LogP contribution in [0.4, 0.5) is 0 Å². The quantitative estimate of drug-likeness (QED) is 0.102. The third kappa shape index (κ3) is 11.3. The maximum absolute atomic E-state index is 11.5. The molecule has 0 saturated carbocycles. The number of hydrogen-bond acceptors (Lipinski definition) is 3. The van der Waals surface area contributed by atoms with E-state index in [4.69, 9.17) is 0 Å². The number of hydrogen-bond donors (Lipinski definition) is 0. The van der Waals surface area contributed by atoms with Gasteiger partial charge in [0.15, 0.2) is 0 Å². The van der Waals surface area contributed by atoms with Gasteiger partial charge in [0.2, 0.25) is 0 Å². The fourth-order valence-corrected chi connectivity index (χ4v) is 4.19. The minimum Gasteiger partial charge on any atom is -0.393 e. The van der Waals surface area contributed by atoms with Crippen molar-refractivity contribution in [2.75, 3.05) is 0 Å². The number of allylic oxidation sites excluding steroid dienone is 1. The highest BCUT2D eigenvalue weighted by atomic mass is 127. The molecule has 1 heterocycles. The van der Waals surface area contributed by atoms with Crippen molar-refractivity contribution in [3.05, 3.63) is 9.66 Å². The second kappa shape index (κ2) is 15.6.